The van der Waals surface area contributed by atoms with E-state index in [1.165, 1.54) is 17.8 Å². The molecular formula is C12H18N2O2S. The summed E-state index contributed by atoms with van der Waals surface area (Å²) in [6.45, 7) is 2.18. The molecule has 2 rings (SSSR count). The fourth-order valence-corrected chi connectivity index (χ4v) is 3.10. The van der Waals surface area contributed by atoms with E-state index in [4.69, 9.17) is 0 Å². The topological polar surface area (TPSA) is 62.2 Å². The first-order chi connectivity index (χ1) is 8.15. The number of nitrogens with one attached hydrogen (secondary N) is 1. The standard InChI is InChI=1S/C12H18N2O2S/c1-9-3-2-4-12(5-9,7-15)14-11(16)10-6-13-8-17-10/h6,8-9,15H,2-5,7H2,1H3,(H,14,16). The summed E-state index contributed by atoms with van der Waals surface area (Å²) in [4.78, 5) is 16.5. The molecule has 1 heterocycles. The highest BCUT2D eigenvalue weighted by Gasteiger charge is 2.36. The van der Waals surface area contributed by atoms with E-state index in [1.54, 1.807) is 11.7 Å². The van der Waals surface area contributed by atoms with Gasteiger partial charge in [0.2, 0.25) is 0 Å². The Morgan fingerprint density at radius 2 is 2.59 bits per heavy atom. The largest absolute Gasteiger partial charge is 0.394 e. The number of carbonyl (C=O) groups excluding carboxylic acids is 1. The summed E-state index contributed by atoms with van der Waals surface area (Å²) in [6, 6.07) is 0. The Labute approximate surface area is 105 Å². The van der Waals surface area contributed by atoms with Crippen LogP contribution in [-0.2, 0) is 0 Å². The molecule has 17 heavy (non-hydrogen) atoms. The van der Waals surface area contributed by atoms with E-state index in [2.05, 4.69) is 17.2 Å². The van der Waals surface area contributed by atoms with Crippen LogP contribution in [0.4, 0.5) is 0 Å². The minimum atomic E-state index is -0.432. The number of amides is 1. The van der Waals surface area contributed by atoms with Crippen molar-refractivity contribution in [2.45, 2.75) is 38.1 Å². The number of hydrogen-bond acceptors (Lipinski definition) is 4. The number of thiazole rings is 1. The van der Waals surface area contributed by atoms with Crippen molar-refractivity contribution >= 4 is 17.2 Å². The van der Waals surface area contributed by atoms with Crippen molar-refractivity contribution < 1.29 is 9.90 Å². The van der Waals surface area contributed by atoms with Crippen molar-refractivity contribution in [3.8, 4) is 0 Å². The highest BCUT2D eigenvalue weighted by atomic mass is 32.1. The van der Waals surface area contributed by atoms with Crippen molar-refractivity contribution in [3.05, 3.63) is 16.6 Å². The predicted octanol–water partition coefficient (Wildman–Crippen LogP) is 1.81. The summed E-state index contributed by atoms with van der Waals surface area (Å²) in [5.74, 6) is 0.438. The van der Waals surface area contributed by atoms with Gasteiger partial charge in [-0.25, -0.2) is 0 Å². The molecule has 1 aliphatic rings. The summed E-state index contributed by atoms with van der Waals surface area (Å²) in [5.41, 5.74) is 1.21. The molecule has 94 valence electrons. The average Bonchev–Trinajstić information content (AvgIpc) is 2.82. The zero-order valence-corrected chi connectivity index (χ0v) is 10.8. The lowest BCUT2D eigenvalue weighted by molar-refractivity contribution is 0.0700. The predicted molar refractivity (Wildman–Crippen MR) is 67.0 cm³/mol. The molecule has 4 nitrogen and oxygen atoms in total. The summed E-state index contributed by atoms with van der Waals surface area (Å²) < 4.78 is 0. The van der Waals surface area contributed by atoms with Crippen LogP contribution in [0.15, 0.2) is 11.7 Å². The molecule has 1 fully saturated rings. The first-order valence-electron chi connectivity index (χ1n) is 5.97. The summed E-state index contributed by atoms with van der Waals surface area (Å²) in [6.07, 6.45) is 5.52. The van der Waals surface area contributed by atoms with Gasteiger partial charge in [-0.3, -0.25) is 9.78 Å². The molecule has 1 aromatic heterocycles. The molecule has 1 aromatic rings. The number of aliphatic hydroxyl groups excluding tert-OH is 1. The molecule has 0 aliphatic heterocycles. The zero-order chi connectivity index (χ0) is 12.3. The zero-order valence-electron chi connectivity index (χ0n) is 9.98. The van der Waals surface area contributed by atoms with E-state index in [9.17, 15) is 9.90 Å². The van der Waals surface area contributed by atoms with Gasteiger partial charge in [0, 0.05) is 0 Å². The maximum absolute atomic E-state index is 12.0. The highest BCUT2D eigenvalue weighted by molar-refractivity contribution is 7.11. The van der Waals surface area contributed by atoms with E-state index in [0.717, 1.165) is 19.3 Å². The number of aromatic nitrogens is 1. The van der Waals surface area contributed by atoms with Crippen LogP contribution in [0.3, 0.4) is 0 Å². The fourth-order valence-electron chi connectivity index (χ4n) is 2.59. The third-order valence-electron chi connectivity index (χ3n) is 3.43. The lowest BCUT2D eigenvalue weighted by Gasteiger charge is -2.39. The second-order valence-corrected chi connectivity index (χ2v) is 5.85. The van der Waals surface area contributed by atoms with Crippen molar-refractivity contribution in [1.82, 2.24) is 10.3 Å². The number of hydrogen-bond donors (Lipinski definition) is 2. The molecule has 1 saturated carbocycles. The van der Waals surface area contributed by atoms with Gasteiger partial charge in [0.25, 0.3) is 5.91 Å². The molecule has 5 heteroatoms. The second kappa shape index (κ2) is 5.14. The quantitative estimate of drug-likeness (QED) is 0.865. The van der Waals surface area contributed by atoms with Crippen LogP contribution in [0.5, 0.6) is 0 Å². The van der Waals surface area contributed by atoms with Gasteiger partial charge < -0.3 is 10.4 Å². The number of rotatable bonds is 3. The molecular weight excluding hydrogens is 236 g/mol. The van der Waals surface area contributed by atoms with Crippen LogP contribution >= 0.6 is 11.3 Å². The number of carbonyl (C=O) groups is 1. The molecule has 0 saturated heterocycles. The van der Waals surface area contributed by atoms with Crippen molar-refractivity contribution in [2.75, 3.05) is 6.61 Å². The molecule has 0 radical (unpaired) electrons. The first-order valence-corrected chi connectivity index (χ1v) is 6.85. The normalized spacial score (nSPS) is 28.9. The maximum Gasteiger partial charge on any atom is 0.263 e. The molecule has 2 N–H and O–H groups in total. The minimum absolute atomic E-state index is 0.0158. The second-order valence-electron chi connectivity index (χ2n) is 4.96. The molecule has 0 spiro atoms. The van der Waals surface area contributed by atoms with Gasteiger partial charge in [0.05, 0.1) is 23.9 Å². The Morgan fingerprint density at radius 3 is 3.18 bits per heavy atom. The molecule has 1 amide bonds. The van der Waals surface area contributed by atoms with Gasteiger partial charge in [0.15, 0.2) is 0 Å². The van der Waals surface area contributed by atoms with E-state index >= 15 is 0 Å². The van der Waals surface area contributed by atoms with E-state index in [1.807, 2.05) is 0 Å². The van der Waals surface area contributed by atoms with Crippen molar-refractivity contribution in [2.24, 2.45) is 5.92 Å². The third kappa shape index (κ3) is 2.84. The third-order valence-corrected chi connectivity index (χ3v) is 4.20. The Hall–Kier alpha value is -0.940. The fraction of sp³-hybridized carbons (Fsp3) is 0.667. The van der Waals surface area contributed by atoms with Crippen molar-refractivity contribution in [3.63, 3.8) is 0 Å². The Morgan fingerprint density at radius 1 is 1.76 bits per heavy atom. The number of nitrogens with zero attached hydrogens (tertiary/aromatic N) is 1. The first kappa shape index (κ1) is 12.5. The molecule has 1 aliphatic carbocycles. The summed E-state index contributed by atoms with van der Waals surface area (Å²) >= 11 is 1.32. The van der Waals surface area contributed by atoms with Crippen LogP contribution < -0.4 is 5.32 Å². The lowest BCUT2D eigenvalue weighted by atomic mass is 9.77. The molecule has 2 atom stereocenters. The maximum atomic E-state index is 12.0. The van der Waals surface area contributed by atoms with Gasteiger partial charge in [-0.2, -0.15) is 0 Å². The van der Waals surface area contributed by atoms with Crippen LogP contribution in [0.2, 0.25) is 0 Å². The van der Waals surface area contributed by atoms with Crippen LogP contribution in [0.1, 0.15) is 42.3 Å². The summed E-state index contributed by atoms with van der Waals surface area (Å²) in [5, 5.41) is 12.6. The lowest BCUT2D eigenvalue weighted by Crippen LogP contribution is -2.53. The van der Waals surface area contributed by atoms with E-state index in [0.29, 0.717) is 10.8 Å². The number of aliphatic hydroxyl groups is 1. The molecule has 0 aromatic carbocycles. The SMILES string of the molecule is CC1CCCC(CO)(NC(=O)c2cncs2)C1. The Balaban J connectivity index is 2.06. The van der Waals surface area contributed by atoms with Crippen molar-refractivity contribution in [1.29, 1.82) is 0 Å². The van der Waals surface area contributed by atoms with E-state index in [-0.39, 0.29) is 12.5 Å². The molecule has 0 bridgehead atoms. The smallest absolute Gasteiger partial charge is 0.263 e. The molecule has 2 unspecified atom stereocenters. The van der Waals surface area contributed by atoms with Gasteiger partial charge in [-0.1, -0.05) is 19.8 Å². The Kier molecular flexibility index (Phi) is 3.79. The van der Waals surface area contributed by atoms with Crippen LogP contribution in [-0.4, -0.2) is 28.1 Å². The minimum Gasteiger partial charge on any atom is -0.394 e. The van der Waals surface area contributed by atoms with Crippen LogP contribution in [0, 0.1) is 5.92 Å². The summed E-state index contributed by atoms with van der Waals surface area (Å²) in [7, 11) is 0. The Bertz CT molecular complexity index is 380. The van der Waals surface area contributed by atoms with Gasteiger partial charge >= 0.3 is 0 Å². The van der Waals surface area contributed by atoms with Gasteiger partial charge in [-0.05, 0) is 18.8 Å². The van der Waals surface area contributed by atoms with Gasteiger partial charge in [0.1, 0.15) is 4.88 Å². The monoisotopic (exact) mass is 254 g/mol. The van der Waals surface area contributed by atoms with E-state index < -0.39 is 5.54 Å². The highest BCUT2D eigenvalue weighted by Crippen LogP contribution is 2.32. The van der Waals surface area contributed by atoms with Crippen LogP contribution in [0.25, 0.3) is 0 Å². The average molecular weight is 254 g/mol. The van der Waals surface area contributed by atoms with Gasteiger partial charge in [-0.15, -0.1) is 11.3 Å².